The second-order valence-corrected chi connectivity index (χ2v) is 7.01. The van der Waals surface area contributed by atoms with Gasteiger partial charge in [0.15, 0.2) is 0 Å². The Bertz CT molecular complexity index is 905. The molecule has 4 nitrogen and oxygen atoms in total. The number of rotatable bonds is 8. The van der Waals surface area contributed by atoms with Gasteiger partial charge in [0.2, 0.25) is 0 Å². The number of pyridine rings is 1. The Morgan fingerprint density at radius 3 is 2.57 bits per heavy atom. The fourth-order valence-electron chi connectivity index (χ4n) is 3.21. The SMILES string of the molecule is CCNCCCC(C)Nc1c2ccc(Cl)cc2nc2ccc(OC)cc12.Cl.Cl. The third-order valence-corrected chi connectivity index (χ3v) is 4.81. The first kappa shape index (κ1) is 24.6. The van der Waals surface area contributed by atoms with Crippen molar-refractivity contribution in [2.75, 3.05) is 25.5 Å². The highest BCUT2D eigenvalue weighted by Gasteiger charge is 2.13. The van der Waals surface area contributed by atoms with Crippen molar-refractivity contribution in [1.82, 2.24) is 10.3 Å². The average molecular weight is 445 g/mol. The fourth-order valence-corrected chi connectivity index (χ4v) is 3.37. The molecule has 3 rings (SSSR count). The van der Waals surface area contributed by atoms with Crippen LogP contribution in [0.25, 0.3) is 21.8 Å². The van der Waals surface area contributed by atoms with E-state index >= 15 is 0 Å². The molecule has 1 atom stereocenters. The fraction of sp³-hybridized carbons (Fsp3) is 0.381. The number of fused-ring (bicyclic) bond motifs is 2. The van der Waals surface area contributed by atoms with Gasteiger partial charge in [0.05, 0.1) is 23.8 Å². The minimum absolute atomic E-state index is 0. The zero-order valence-electron chi connectivity index (χ0n) is 16.4. The number of anilines is 1. The molecule has 0 fully saturated rings. The lowest BCUT2D eigenvalue weighted by molar-refractivity contribution is 0.415. The van der Waals surface area contributed by atoms with Crippen molar-refractivity contribution in [3.8, 4) is 5.75 Å². The van der Waals surface area contributed by atoms with Gasteiger partial charge in [0.1, 0.15) is 5.75 Å². The summed E-state index contributed by atoms with van der Waals surface area (Å²) in [6.45, 7) is 6.42. The summed E-state index contributed by atoms with van der Waals surface area (Å²) in [4.78, 5) is 4.78. The van der Waals surface area contributed by atoms with Crippen molar-refractivity contribution >= 4 is 63.9 Å². The van der Waals surface area contributed by atoms with Gasteiger partial charge >= 0.3 is 0 Å². The molecule has 0 amide bonds. The topological polar surface area (TPSA) is 46.2 Å². The van der Waals surface area contributed by atoms with Gasteiger partial charge in [-0.1, -0.05) is 18.5 Å². The molecule has 0 bridgehead atoms. The number of halogens is 3. The van der Waals surface area contributed by atoms with Crippen molar-refractivity contribution in [3.05, 3.63) is 41.4 Å². The molecule has 0 aliphatic rings. The Morgan fingerprint density at radius 1 is 1.07 bits per heavy atom. The molecule has 0 saturated heterocycles. The minimum atomic E-state index is 0. The highest BCUT2D eigenvalue weighted by Crippen LogP contribution is 2.34. The van der Waals surface area contributed by atoms with Crippen LogP contribution in [-0.4, -0.2) is 31.2 Å². The largest absolute Gasteiger partial charge is 0.497 e. The third kappa shape index (κ3) is 5.77. The van der Waals surface area contributed by atoms with Crippen LogP contribution in [0.1, 0.15) is 26.7 Å². The zero-order valence-corrected chi connectivity index (χ0v) is 18.8. The van der Waals surface area contributed by atoms with Crippen molar-refractivity contribution in [1.29, 1.82) is 0 Å². The first-order chi connectivity index (χ1) is 12.6. The molecule has 0 radical (unpaired) electrons. The van der Waals surface area contributed by atoms with E-state index in [0.717, 1.165) is 59.2 Å². The molecule has 1 aromatic heterocycles. The van der Waals surface area contributed by atoms with E-state index in [1.54, 1.807) is 7.11 Å². The number of hydrogen-bond acceptors (Lipinski definition) is 4. The molecule has 2 N–H and O–H groups in total. The van der Waals surface area contributed by atoms with Crippen LogP contribution in [-0.2, 0) is 0 Å². The number of benzene rings is 2. The van der Waals surface area contributed by atoms with Gasteiger partial charge in [0, 0.05) is 21.8 Å². The van der Waals surface area contributed by atoms with Crippen molar-refractivity contribution < 1.29 is 4.74 Å². The van der Waals surface area contributed by atoms with Crippen molar-refractivity contribution in [2.45, 2.75) is 32.7 Å². The number of ether oxygens (including phenoxy) is 1. The molecule has 0 saturated carbocycles. The van der Waals surface area contributed by atoms with E-state index in [-0.39, 0.29) is 24.8 Å². The van der Waals surface area contributed by atoms with Crippen LogP contribution in [0.2, 0.25) is 5.02 Å². The molecular weight excluding hydrogens is 417 g/mol. The second kappa shape index (κ2) is 11.5. The number of hydrogen-bond donors (Lipinski definition) is 2. The van der Waals surface area contributed by atoms with Gasteiger partial charge in [-0.05, 0) is 69.3 Å². The van der Waals surface area contributed by atoms with Crippen LogP contribution >= 0.6 is 36.4 Å². The van der Waals surface area contributed by atoms with Crippen LogP contribution in [0.3, 0.4) is 0 Å². The highest BCUT2D eigenvalue weighted by atomic mass is 35.5. The molecule has 2 aromatic carbocycles. The maximum Gasteiger partial charge on any atom is 0.119 e. The molecule has 0 aliphatic heterocycles. The highest BCUT2D eigenvalue weighted by molar-refractivity contribution is 6.31. The van der Waals surface area contributed by atoms with Crippen molar-refractivity contribution in [3.63, 3.8) is 0 Å². The van der Waals surface area contributed by atoms with Crippen LogP contribution < -0.4 is 15.4 Å². The summed E-state index contributed by atoms with van der Waals surface area (Å²) in [6.07, 6.45) is 2.23. The number of aromatic nitrogens is 1. The molecule has 28 heavy (non-hydrogen) atoms. The predicted octanol–water partition coefficient (Wildman–Crippen LogP) is 6.08. The van der Waals surface area contributed by atoms with E-state index in [1.807, 2.05) is 36.4 Å². The molecule has 1 unspecified atom stereocenters. The number of nitrogens with one attached hydrogen (secondary N) is 2. The molecule has 0 aliphatic carbocycles. The Morgan fingerprint density at radius 2 is 1.86 bits per heavy atom. The van der Waals surface area contributed by atoms with Gasteiger partial charge < -0.3 is 15.4 Å². The number of nitrogens with zero attached hydrogens (tertiary/aromatic N) is 1. The van der Waals surface area contributed by atoms with E-state index in [9.17, 15) is 0 Å². The summed E-state index contributed by atoms with van der Waals surface area (Å²) in [5.74, 6) is 0.829. The summed E-state index contributed by atoms with van der Waals surface area (Å²) in [6, 6.07) is 12.2. The first-order valence-corrected chi connectivity index (χ1v) is 9.54. The van der Waals surface area contributed by atoms with E-state index in [2.05, 4.69) is 24.5 Å². The van der Waals surface area contributed by atoms with Crippen molar-refractivity contribution in [2.24, 2.45) is 0 Å². The van der Waals surface area contributed by atoms with Gasteiger partial charge in [-0.3, -0.25) is 0 Å². The molecule has 0 spiro atoms. The van der Waals surface area contributed by atoms with Crippen LogP contribution in [0.5, 0.6) is 5.75 Å². The first-order valence-electron chi connectivity index (χ1n) is 9.16. The van der Waals surface area contributed by atoms with E-state index in [1.165, 1.54) is 0 Å². The van der Waals surface area contributed by atoms with Gasteiger partial charge in [-0.15, -0.1) is 24.8 Å². The third-order valence-electron chi connectivity index (χ3n) is 4.57. The lowest BCUT2D eigenvalue weighted by Gasteiger charge is -2.19. The van der Waals surface area contributed by atoms with Gasteiger partial charge in [0.25, 0.3) is 0 Å². The smallest absolute Gasteiger partial charge is 0.119 e. The molecule has 3 aromatic rings. The molecule has 7 heteroatoms. The lowest BCUT2D eigenvalue weighted by Crippen LogP contribution is -2.20. The second-order valence-electron chi connectivity index (χ2n) is 6.57. The van der Waals surface area contributed by atoms with Crippen LogP contribution in [0.4, 0.5) is 5.69 Å². The van der Waals surface area contributed by atoms with E-state index < -0.39 is 0 Å². The minimum Gasteiger partial charge on any atom is -0.497 e. The molecule has 154 valence electrons. The summed E-state index contributed by atoms with van der Waals surface area (Å²) < 4.78 is 5.42. The monoisotopic (exact) mass is 443 g/mol. The normalized spacial score (nSPS) is 11.6. The maximum atomic E-state index is 6.19. The van der Waals surface area contributed by atoms with E-state index in [0.29, 0.717) is 11.1 Å². The van der Waals surface area contributed by atoms with Gasteiger partial charge in [-0.2, -0.15) is 0 Å². The Balaban J connectivity index is 0.00000196. The summed E-state index contributed by atoms with van der Waals surface area (Å²) in [5.41, 5.74) is 2.93. The number of methoxy groups -OCH3 is 1. The molecular formula is C21H28Cl3N3O. The Kier molecular flexibility index (Phi) is 10.1. The van der Waals surface area contributed by atoms with Crippen LogP contribution in [0, 0.1) is 0 Å². The predicted molar refractivity (Wildman–Crippen MR) is 126 cm³/mol. The quantitative estimate of drug-likeness (QED) is 0.326. The molecule has 1 heterocycles. The zero-order chi connectivity index (χ0) is 18.5. The Labute approximate surface area is 184 Å². The maximum absolute atomic E-state index is 6.19. The Hall–Kier alpha value is -1.46. The van der Waals surface area contributed by atoms with Crippen LogP contribution in [0.15, 0.2) is 36.4 Å². The summed E-state index contributed by atoms with van der Waals surface area (Å²) in [5, 5.41) is 9.93. The standard InChI is InChI=1S/C21H26ClN3O.2ClH/c1-4-23-11-5-6-14(2)24-21-17-9-7-15(22)12-20(17)25-19-10-8-16(26-3)13-18(19)21;;/h7-10,12-14,23H,4-6,11H2,1-3H3,(H,24,25);2*1H. The lowest BCUT2D eigenvalue weighted by atomic mass is 10.1. The average Bonchev–Trinajstić information content (AvgIpc) is 2.64. The summed E-state index contributed by atoms with van der Waals surface area (Å²) in [7, 11) is 1.69. The van der Waals surface area contributed by atoms with Gasteiger partial charge in [-0.25, -0.2) is 4.98 Å². The summed E-state index contributed by atoms with van der Waals surface area (Å²) >= 11 is 6.19. The van der Waals surface area contributed by atoms with E-state index in [4.69, 9.17) is 21.3 Å².